The number of hydrogen-bond donors (Lipinski definition) is 1. The first-order valence-electron chi connectivity index (χ1n) is 13.7. The minimum atomic E-state index is -0.971. The molecule has 0 aromatic heterocycles. The molecule has 0 bridgehead atoms. The van der Waals surface area contributed by atoms with Gasteiger partial charge in [0.1, 0.15) is 18.1 Å². The molecule has 1 unspecified atom stereocenters. The number of carboxylic acids is 1. The van der Waals surface area contributed by atoms with Crippen LogP contribution in [0.4, 0.5) is 4.79 Å². The fourth-order valence-electron chi connectivity index (χ4n) is 4.80. The van der Waals surface area contributed by atoms with Crippen molar-refractivity contribution in [3.8, 4) is 11.5 Å². The van der Waals surface area contributed by atoms with E-state index >= 15 is 0 Å². The van der Waals surface area contributed by atoms with Gasteiger partial charge in [-0.05, 0) is 61.2 Å². The molecule has 1 atom stereocenters. The summed E-state index contributed by atoms with van der Waals surface area (Å²) < 4.78 is 17.7. The predicted molar refractivity (Wildman–Crippen MR) is 151 cm³/mol. The summed E-state index contributed by atoms with van der Waals surface area (Å²) in [6.45, 7) is 3.49. The predicted octanol–water partition coefficient (Wildman–Crippen LogP) is 7.11. The number of carbonyl (C=O) groups is 2. The summed E-state index contributed by atoms with van der Waals surface area (Å²) in [4.78, 5) is 26.0. The number of aliphatic carboxylic acids is 1. The highest BCUT2D eigenvalue weighted by Gasteiger charge is 2.19. The Morgan fingerprint density at radius 2 is 1.66 bits per heavy atom. The lowest BCUT2D eigenvalue weighted by molar-refractivity contribution is -0.149. The third-order valence-corrected chi connectivity index (χ3v) is 7.44. The number of carboxylic acid groups (broad SMARTS) is 1. The molecule has 1 aliphatic rings. The fraction of sp³-hybridized carbons (Fsp3) is 0.533. The van der Waals surface area contributed by atoms with Gasteiger partial charge in [-0.15, -0.1) is 0 Å². The quantitative estimate of drug-likeness (QED) is 0.223. The van der Waals surface area contributed by atoms with Crippen LogP contribution >= 0.6 is 15.9 Å². The van der Waals surface area contributed by atoms with E-state index in [1.165, 1.54) is 38.5 Å². The van der Waals surface area contributed by atoms with E-state index in [2.05, 4.69) is 15.9 Å². The molecule has 2 aromatic rings. The van der Waals surface area contributed by atoms with Crippen molar-refractivity contribution in [3.63, 3.8) is 0 Å². The fourth-order valence-corrected chi connectivity index (χ4v) is 5.07. The molecule has 1 saturated carbocycles. The second kappa shape index (κ2) is 16.4. The normalized spacial score (nSPS) is 14.6. The van der Waals surface area contributed by atoms with Crippen molar-refractivity contribution >= 4 is 28.0 Å². The molecular weight excluding hydrogens is 550 g/mol. The van der Waals surface area contributed by atoms with Gasteiger partial charge in [0.25, 0.3) is 0 Å². The van der Waals surface area contributed by atoms with Gasteiger partial charge in [-0.2, -0.15) is 0 Å². The Kier molecular flexibility index (Phi) is 12.9. The summed E-state index contributed by atoms with van der Waals surface area (Å²) in [7, 11) is 0. The van der Waals surface area contributed by atoms with Gasteiger partial charge in [0, 0.05) is 24.0 Å². The molecule has 7 nitrogen and oxygen atoms in total. The zero-order valence-electron chi connectivity index (χ0n) is 22.3. The summed E-state index contributed by atoms with van der Waals surface area (Å²) in [5.41, 5.74) is 0.857. The summed E-state index contributed by atoms with van der Waals surface area (Å²) in [6.07, 6.45) is 9.06. The van der Waals surface area contributed by atoms with E-state index in [0.29, 0.717) is 44.2 Å². The number of hydrogen-bond acceptors (Lipinski definition) is 5. The molecule has 1 N–H and O–H groups in total. The Labute approximate surface area is 234 Å². The topological polar surface area (TPSA) is 85.3 Å². The molecule has 0 spiro atoms. The van der Waals surface area contributed by atoms with E-state index in [0.717, 1.165) is 28.8 Å². The SMILES string of the molecule is CCOC(Cc1ccc(OCCN(CCCCC2CCCCC2)C(=O)Oc2ccc(Br)cc2)cc1)C(=O)O. The van der Waals surface area contributed by atoms with Crippen LogP contribution in [0.2, 0.25) is 0 Å². The standard InChI is InChI=1S/C30H40BrNO6/c1-2-36-28(29(33)34)22-24-11-15-26(16-12-24)37-21-20-32(19-7-6-10-23-8-4-3-5-9-23)30(35)38-27-17-13-25(31)14-18-27/h11-18,23,28H,2-10,19-22H2,1H3,(H,33,34). The first-order valence-corrected chi connectivity index (χ1v) is 14.5. The van der Waals surface area contributed by atoms with Gasteiger partial charge in [-0.3, -0.25) is 0 Å². The van der Waals surface area contributed by atoms with Crippen LogP contribution in [0.1, 0.15) is 63.9 Å². The average molecular weight is 591 g/mol. The summed E-state index contributed by atoms with van der Waals surface area (Å²) in [5, 5.41) is 9.29. The third-order valence-electron chi connectivity index (χ3n) is 6.91. The lowest BCUT2D eigenvalue weighted by atomic mass is 9.86. The second-order valence-corrected chi connectivity index (χ2v) is 10.7. The van der Waals surface area contributed by atoms with Crippen molar-refractivity contribution in [1.82, 2.24) is 4.90 Å². The van der Waals surface area contributed by atoms with Crippen LogP contribution in [-0.4, -0.2) is 54.5 Å². The molecule has 0 aliphatic heterocycles. The Balaban J connectivity index is 1.50. The highest BCUT2D eigenvalue weighted by Crippen LogP contribution is 2.27. The zero-order valence-corrected chi connectivity index (χ0v) is 23.9. The largest absolute Gasteiger partial charge is 0.492 e. The van der Waals surface area contributed by atoms with Gasteiger partial charge >= 0.3 is 12.1 Å². The van der Waals surface area contributed by atoms with Crippen LogP contribution in [-0.2, 0) is 16.0 Å². The van der Waals surface area contributed by atoms with Gasteiger partial charge in [-0.1, -0.05) is 73.0 Å². The van der Waals surface area contributed by atoms with Gasteiger partial charge < -0.3 is 24.2 Å². The van der Waals surface area contributed by atoms with Crippen molar-refractivity contribution in [1.29, 1.82) is 0 Å². The van der Waals surface area contributed by atoms with Crippen molar-refractivity contribution in [2.75, 3.05) is 26.3 Å². The van der Waals surface area contributed by atoms with Gasteiger partial charge in [0.05, 0.1) is 6.54 Å². The summed E-state index contributed by atoms with van der Waals surface area (Å²) >= 11 is 3.40. The van der Waals surface area contributed by atoms with E-state index < -0.39 is 12.1 Å². The molecule has 2 aromatic carbocycles. The number of amides is 1. The maximum atomic E-state index is 13.0. The minimum absolute atomic E-state index is 0.292. The molecule has 38 heavy (non-hydrogen) atoms. The van der Waals surface area contributed by atoms with Crippen LogP contribution in [0.15, 0.2) is 53.0 Å². The second-order valence-electron chi connectivity index (χ2n) is 9.79. The highest BCUT2D eigenvalue weighted by molar-refractivity contribution is 9.10. The van der Waals surface area contributed by atoms with Crippen molar-refractivity contribution in [3.05, 3.63) is 58.6 Å². The molecule has 0 saturated heterocycles. The van der Waals surface area contributed by atoms with Gasteiger partial charge in [0.2, 0.25) is 0 Å². The Morgan fingerprint density at radius 3 is 2.32 bits per heavy atom. The lowest BCUT2D eigenvalue weighted by Crippen LogP contribution is -2.37. The molecule has 8 heteroatoms. The van der Waals surface area contributed by atoms with Crippen molar-refractivity contribution in [2.24, 2.45) is 5.92 Å². The number of ether oxygens (including phenoxy) is 3. The number of benzene rings is 2. The number of carbonyl (C=O) groups excluding carboxylic acids is 1. The maximum Gasteiger partial charge on any atom is 0.415 e. The third kappa shape index (κ3) is 10.7. The molecule has 1 amide bonds. The van der Waals surface area contributed by atoms with E-state index in [1.807, 2.05) is 36.4 Å². The van der Waals surface area contributed by atoms with Gasteiger partial charge in [0.15, 0.2) is 6.10 Å². The van der Waals surface area contributed by atoms with Crippen molar-refractivity contribution < 1.29 is 28.9 Å². The van der Waals surface area contributed by atoms with Crippen LogP contribution in [0.3, 0.4) is 0 Å². The number of unbranched alkanes of at least 4 members (excludes halogenated alkanes) is 1. The van der Waals surface area contributed by atoms with E-state index in [-0.39, 0.29) is 6.09 Å². The van der Waals surface area contributed by atoms with Gasteiger partial charge in [-0.25, -0.2) is 9.59 Å². The summed E-state index contributed by atoms with van der Waals surface area (Å²) in [6, 6.07) is 14.5. The average Bonchev–Trinajstić information content (AvgIpc) is 2.92. The van der Waals surface area contributed by atoms with E-state index in [9.17, 15) is 14.7 Å². The van der Waals surface area contributed by atoms with E-state index in [1.54, 1.807) is 24.0 Å². The maximum absolute atomic E-state index is 13.0. The minimum Gasteiger partial charge on any atom is -0.492 e. The Hall–Kier alpha value is -2.58. The van der Waals surface area contributed by atoms with Crippen LogP contribution in [0.25, 0.3) is 0 Å². The van der Waals surface area contributed by atoms with Crippen LogP contribution in [0.5, 0.6) is 11.5 Å². The highest BCUT2D eigenvalue weighted by atomic mass is 79.9. The lowest BCUT2D eigenvalue weighted by Gasteiger charge is -2.24. The van der Waals surface area contributed by atoms with Crippen molar-refractivity contribution in [2.45, 2.75) is 70.8 Å². The smallest absolute Gasteiger partial charge is 0.415 e. The molecule has 208 valence electrons. The number of nitrogens with zero attached hydrogens (tertiary/aromatic N) is 1. The zero-order chi connectivity index (χ0) is 27.2. The first-order chi connectivity index (χ1) is 18.4. The Morgan fingerprint density at radius 1 is 0.974 bits per heavy atom. The molecule has 0 heterocycles. The van der Waals surface area contributed by atoms with E-state index in [4.69, 9.17) is 14.2 Å². The van der Waals surface area contributed by atoms with Crippen LogP contribution < -0.4 is 9.47 Å². The molecule has 0 radical (unpaired) electrons. The molecular formula is C30H40BrNO6. The molecule has 1 fully saturated rings. The molecule has 1 aliphatic carbocycles. The first kappa shape index (κ1) is 30.0. The molecule has 3 rings (SSSR count). The van der Waals surface area contributed by atoms with Crippen LogP contribution in [0, 0.1) is 5.92 Å². The number of halogens is 1. The monoisotopic (exact) mass is 589 g/mol. The Bertz CT molecular complexity index is 975. The number of rotatable bonds is 15. The summed E-state index contributed by atoms with van der Waals surface area (Å²) in [5.74, 6) is 1.03.